The Bertz CT molecular complexity index is 668. The predicted molar refractivity (Wildman–Crippen MR) is 102 cm³/mol. The Morgan fingerprint density at radius 3 is 2.56 bits per heavy atom. The van der Waals surface area contributed by atoms with Gasteiger partial charge >= 0.3 is 6.03 Å². The van der Waals surface area contributed by atoms with Gasteiger partial charge in [-0.15, -0.1) is 11.3 Å². The zero-order valence-electron chi connectivity index (χ0n) is 15.3. The summed E-state index contributed by atoms with van der Waals surface area (Å²) >= 11 is 1.68. The molecule has 0 saturated heterocycles. The van der Waals surface area contributed by atoms with Gasteiger partial charge in [0.25, 0.3) is 0 Å². The summed E-state index contributed by atoms with van der Waals surface area (Å²) in [7, 11) is 1.64. The Kier molecular flexibility index (Phi) is 7.25. The molecule has 1 atom stereocenters. The molecule has 1 aromatic carbocycles. The molecule has 136 valence electrons. The molecule has 2 rings (SSSR count). The van der Waals surface area contributed by atoms with Gasteiger partial charge in [0.1, 0.15) is 5.75 Å². The summed E-state index contributed by atoms with van der Waals surface area (Å²) in [6.45, 7) is 6.90. The second-order valence-corrected chi connectivity index (χ2v) is 7.11. The fraction of sp³-hybridized carbons (Fsp3) is 0.474. The third-order valence-electron chi connectivity index (χ3n) is 3.96. The highest BCUT2D eigenvalue weighted by atomic mass is 32.1. The van der Waals surface area contributed by atoms with E-state index < -0.39 is 0 Å². The molecule has 0 bridgehead atoms. The van der Waals surface area contributed by atoms with Crippen LogP contribution < -0.4 is 15.4 Å². The third kappa shape index (κ3) is 5.74. The second-order valence-electron chi connectivity index (χ2n) is 6.22. The fourth-order valence-corrected chi connectivity index (χ4v) is 3.34. The lowest BCUT2D eigenvalue weighted by Crippen LogP contribution is -2.38. The van der Waals surface area contributed by atoms with Gasteiger partial charge in [0.15, 0.2) is 0 Å². The van der Waals surface area contributed by atoms with E-state index in [0.717, 1.165) is 34.9 Å². The molecule has 1 heterocycles. The largest absolute Gasteiger partial charge is 0.497 e. The number of ether oxygens (including phenoxy) is 1. The summed E-state index contributed by atoms with van der Waals surface area (Å²) in [5.74, 6) is 1.26. The molecule has 0 aliphatic rings. The van der Waals surface area contributed by atoms with Crippen molar-refractivity contribution in [2.75, 3.05) is 13.7 Å². The first-order valence-corrected chi connectivity index (χ1v) is 9.54. The van der Waals surface area contributed by atoms with Gasteiger partial charge in [-0.05, 0) is 24.1 Å². The van der Waals surface area contributed by atoms with Crippen LogP contribution in [0, 0.1) is 0 Å². The van der Waals surface area contributed by atoms with Crippen LogP contribution in [0.15, 0.2) is 29.6 Å². The average molecular weight is 362 g/mol. The molecule has 0 fully saturated rings. The van der Waals surface area contributed by atoms with E-state index in [-0.39, 0.29) is 12.1 Å². The van der Waals surface area contributed by atoms with Crippen LogP contribution in [0.3, 0.4) is 0 Å². The van der Waals surface area contributed by atoms with Crippen molar-refractivity contribution in [1.82, 2.24) is 15.6 Å². The van der Waals surface area contributed by atoms with Gasteiger partial charge in [0.05, 0.1) is 23.9 Å². The normalized spacial score (nSPS) is 12.0. The lowest BCUT2D eigenvalue weighted by Gasteiger charge is -2.18. The summed E-state index contributed by atoms with van der Waals surface area (Å²) in [4.78, 5) is 16.7. The lowest BCUT2D eigenvalue weighted by molar-refractivity contribution is 0.237. The molecule has 0 spiro atoms. The standard InChI is InChI=1S/C19H27N3O2S/c1-5-17(14-6-8-16(24-4)9-7-14)22-19(23)20-11-10-15-12-25-18(21-15)13(2)3/h6-9,12-13,17H,5,10-11H2,1-4H3,(H2,20,22,23)/t17-/m0/s1. The number of benzene rings is 1. The van der Waals surface area contributed by atoms with Gasteiger partial charge in [0.2, 0.25) is 0 Å². The van der Waals surface area contributed by atoms with Gasteiger partial charge in [-0.1, -0.05) is 32.9 Å². The SMILES string of the molecule is CC[C@H](NC(=O)NCCc1csc(C(C)C)n1)c1ccc(OC)cc1. The third-order valence-corrected chi connectivity index (χ3v) is 5.16. The van der Waals surface area contributed by atoms with E-state index in [4.69, 9.17) is 4.74 Å². The number of urea groups is 1. The first-order valence-electron chi connectivity index (χ1n) is 8.66. The van der Waals surface area contributed by atoms with Gasteiger partial charge in [-0.25, -0.2) is 9.78 Å². The molecule has 25 heavy (non-hydrogen) atoms. The Morgan fingerprint density at radius 1 is 1.28 bits per heavy atom. The van der Waals surface area contributed by atoms with Gasteiger partial charge < -0.3 is 15.4 Å². The lowest BCUT2D eigenvalue weighted by atomic mass is 10.0. The molecule has 2 amide bonds. The number of hydrogen-bond donors (Lipinski definition) is 2. The minimum atomic E-state index is -0.151. The topological polar surface area (TPSA) is 63.2 Å². The van der Waals surface area contributed by atoms with Crippen LogP contribution in [-0.2, 0) is 6.42 Å². The highest BCUT2D eigenvalue weighted by Crippen LogP contribution is 2.20. The maximum Gasteiger partial charge on any atom is 0.315 e. The van der Waals surface area contributed by atoms with Crippen molar-refractivity contribution in [3.05, 3.63) is 45.9 Å². The highest BCUT2D eigenvalue weighted by molar-refractivity contribution is 7.09. The number of nitrogens with one attached hydrogen (secondary N) is 2. The zero-order valence-corrected chi connectivity index (χ0v) is 16.2. The molecule has 0 saturated carbocycles. The Morgan fingerprint density at radius 2 is 2.00 bits per heavy atom. The fourth-order valence-electron chi connectivity index (χ4n) is 2.47. The second kappa shape index (κ2) is 9.42. The van der Waals surface area contributed by atoms with E-state index in [1.165, 1.54) is 0 Å². The summed E-state index contributed by atoms with van der Waals surface area (Å²) in [6, 6.07) is 7.62. The molecule has 0 aliphatic heterocycles. The number of carbonyl (C=O) groups is 1. The van der Waals surface area contributed by atoms with Crippen LogP contribution >= 0.6 is 11.3 Å². The van der Waals surface area contributed by atoms with Crippen LogP contribution in [0.5, 0.6) is 5.75 Å². The maximum atomic E-state index is 12.1. The number of thiazole rings is 1. The summed E-state index contributed by atoms with van der Waals surface area (Å²) < 4.78 is 5.17. The molecule has 1 aromatic heterocycles. The number of methoxy groups -OCH3 is 1. The number of carbonyl (C=O) groups excluding carboxylic acids is 1. The Hall–Kier alpha value is -2.08. The first-order chi connectivity index (χ1) is 12.0. The van der Waals surface area contributed by atoms with E-state index in [1.807, 2.05) is 24.3 Å². The van der Waals surface area contributed by atoms with Gasteiger partial charge in [-0.2, -0.15) is 0 Å². The van der Waals surface area contributed by atoms with Crippen LogP contribution in [0.4, 0.5) is 4.79 Å². The van der Waals surface area contributed by atoms with Crippen LogP contribution in [0.25, 0.3) is 0 Å². The highest BCUT2D eigenvalue weighted by Gasteiger charge is 2.13. The molecular formula is C19H27N3O2S. The minimum absolute atomic E-state index is 0.0160. The molecule has 2 aromatic rings. The number of amides is 2. The zero-order chi connectivity index (χ0) is 18.2. The maximum absolute atomic E-state index is 12.1. The number of hydrogen-bond acceptors (Lipinski definition) is 4. The van der Waals surface area contributed by atoms with Crippen molar-refractivity contribution >= 4 is 17.4 Å². The first kappa shape index (κ1) is 19.2. The molecule has 2 N–H and O–H groups in total. The number of rotatable bonds is 8. The molecule has 0 radical (unpaired) electrons. The number of aromatic nitrogens is 1. The van der Waals surface area contributed by atoms with E-state index in [2.05, 4.69) is 41.8 Å². The quantitative estimate of drug-likeness (QED) is 0.738. The molecule has 0 unspecified atom stereocenters. The molecule has 5 nitrogen and oxygen atoms in total. The molecule has 0 aliphatic carbocycles. The monoisotopic (exact) mass is 361 g/mol. The van der Waals surface area contributed by atoms with Crippen molar-refractivity contribution in [2.45, 2.75) is 45.6 Å². The van der Waals surface area contributed by atoms with Gasteiger partial charge in [0, 0.05) is 24.3 Å². The Labute approximate surface area is 153 Å². The van der Waals surface area contributed by atoms with E-state index in [9.17, 15) is 4.79 Å². The summed E-state index contributed by atoms with van der Waals surface area (Å²) in [5.41, 5.74) is 2.11. The van der Waals surface area contributed by atoms with E-state index >= 15 is 0 Å². The van der Waals surface area contributed by atoms with Crippen LogP contribution in [-0.4, -0.2) is 24.7 Å². The summed E-state index contributed by atoms with van der Waals surface area (Å²) in [6.07, 6.45) is 1.57. The van der Waals surface area contributed by atoms with Crippen molar-refractivity contribution in [1.29, 1.82) is 0 Å². The van der Waals surface area contributed by atoms with Gasteiger partial charge in [-0.3, -0.25) is 0 Å². The molecule has 6 heteroatoms. The van der Waals surface area contributed by atoms with E-state index in [0.29, 0.717) is 12.5 Å². The van der Waals surface area contributed by atoms with E-state index in [1.54, 1.807) is 18.4 Å². The van der Waals surface area contributed by atoms with Crippen LogP contribution in [0.2, 0.25) is 0 Å². The predicted octanol–water partition coefficient (Wildman–Crippen LogP) is 4.27. The smallest absolute Gasteiger partial charge is 0.315 e. The van der Waals surface area contributed by atoms with Crippen molar-refractivity contribution < 1.29 is 9.53 Å². The number of nitrogens with zero attached hydrogens (tertiary/aromatic N) is 1. The van der Waals surface area contributed by atoms with Crippen molar-refractivity contribution in [3.8, 4) is 5.75 Å². The molecular weight excluding hydrogens is 334 g/mol. The minimum Gasteiger partial charge on any atom is -0.497 e. The van der Waals surface area contributed by atoms with Crippen molar-refractivity contribution in [2.24, 2.45) is 0 Å². The summed E-state index contributed by atoms with van der Waals surface area (Å²) in [5, 5.41) is 9.15. The average Bonchev–Trinajstić information content (AvgIpc) is 3.09. The van der Waals surface area contributed by atoms with Crippen LogP contribution in [0.1, 0.15) is 55.4 Å². The van der Waals surface area contributed by atoms with Crippen molar-refractivity contribution in [3.63, 3.8) is 0 Å². The Balaban J connectivity index is 1.80.